The molecule has 7 rings (SSSR count). The van der Waals surface area contributed by atoms with Crippen LogP contribution < -0.4 is 10.1 Å². The monoisotopic (exact) mass is 458 g/mol. The van der Waals surface area contributed by atoms with Crippen molar-refractivity contribution in [3.8, 4) is 5.75 Å². The molecule has 2 aromatic rings. The van der Waals surface area contributed by atoms with E-state index >= 15 is 0 Å². The van der Waals surface area contributed by atoms with Crippen molar-refractivity contribution in [2.45, 2.75) is 37.1 Å². The van der Waals surface area contributed by atoms with Gasteiger partial charge in [0.2, 0.25) is 5.91 Å². The van der Waals surface area contributed by atoms with Gasteiger partial charge in [0.25, 0.3) is 0 Å². The molecule has 0 bridgehead atoms. The first-order chi connectivity index (χ1) is 16.6. The van der Waals surface area contributed by atoms with Gasteiger partial charge in [-0.05, 0) is 60.8 Å². The van der Waals surface area contributed by atoms with E-state index in [1.165, 1.54) is 24.0 Å². The van der Waals surface area contributed by atoms with E-state index in [9.17, 15) is 4.79 Å². The third-order valence-corrected chi connectivity index (χ3v) is 10.4. The second kappa shape index (κ2) is 7.32. The van der Waals surface area contributed by atoms with E-state index in [1.54, 1.807) is 7.11 Å². The first-order valence-electron chi connectivity index (χ1n) is 12.9. The van der Waals surface area contributed by atoms with Crippen molar-refractivity contribution >= 4 is 5.91 Å². The summed E-state index contributed by atoms with van der Waals surface area (Å²) in [5.41, 5.74) is 3.08. The molecule has 1 heterocycles. The Balaban J connectivity index is 1.11. The predicted octanol–water partition coefficient (Wildman–Crippen LogP) is 3.94. The zero-order valence-corrected chi connectivity index (χ0v) is 20.0. The minimum Gasteiger partial charge on any atom is -0.497 e. The third kappa shape index (κ3) is 2.40. The number of methoxy groups -OCH3 is 1. The van der Waals surface area contributed by atoms with Crippen LogP contribution >= 0.6 is 0 Å². The van der Waals surface area contributed by atoms with Crippen molar-refractivity contribution in [3.63, 3.8) is 0 Å². The second-order valence-electron chi connectivity index (χ2n) is 11.3. The Morgan fingerprint density at radius 2 is 1.82 bits per heavy atom. The molecule has 178 valence electrons. The molecule has 6 atom stereocenters. The number of morpholine rings is 1. The van der Waals surface area contributed by atoms with Crippen molar-refractivity contribution in [2.75, 3.05) is 40.0 Å². The Bertz CT molecular complexity index is 1090. The first-order valence-corrected chi connectivity index (χ1v) is 12.9. The van der Waals surface area contributed by atoms with Gasteiger partial charge >= 0.3 is 0 Å². The van der Waals surface area contributed by atoms with E-state index in [-0.39, 0.29) is 22.3 Å². The maximum atomic E-state index is 13.9. The highest BCUT2D eigenvalue weighted by atomic mass is 16.5. The summed E-state index contributed by atoms with van der Waals surface area (Å²) < 4.78 is 11.0. The van der Waals surface area contributed by atoms with Crippen LogP contribution in [-0.2, 0) is 14.9 Å². The predicted molar refractivity (Wildman–Crippen MR) is 130 cm³/mol. The summed E-state index contributed by atoms with van der Waals surface area (Å²) in [6.45, 7) is 3.93. The number of amides is 1. The quantitative estimate of drug-likeness (QED) is 0.683. The lowest BCUT2D eigenvalue weighted by Gasteiger charge is -2.95. The fourth-order valence-corrected chi connectivity index (χ4v) is 9.27. The molecule has 1 amide bonds. The number of hydrogen-bond donors (Lipinski definition) is 1. The number of carbonyl (C=O) groups is 1. The maximum Gasteiger partial charge on any atom is 0.226 e. The molecule has 4 aliphatic carbocycles. The number of benzene rings is 2. The Labute approximate surface area is 201 Å². The molecular formula is C29H34N2O3. The molecular weight excluding hydrogens is 424 g/mol. The fourth-order valence-electron chi connectivity index (χ4n) is 9.27. The summed E-state index contributed by atoms with van der Waals surface area (Å²) in [6.07, 6.45) is 4.75. The summed E-state index contributed by atoms with van der Waals surface area (Å²) in [7, 11) is 1.70. The molecule has 6 unspecified atom stereocenters. The van der Waals surface area contributed by atoms with Crippen molar-refractivity contribution in [3.05, 3.63) is 65.7 Å². The number of rotatable bonds is 7. The summed E-state index contributed by atoms with van der Waals surface area (Å²) in [4.78, 5) is 16.3. The summed E-state index contributed by atoms with van der Waals surface area (Å²) in [6, 6.07) is 19.5. The largest absolute Gasteiger partial charge is 0.497 e. The van der Waals surface area contributed by atoms with Gasteiger partial charge in [-0.15, -0.1) is 0 Å². The van der Waals surface area contributed by atoms with Crippen molar-refractivity contribution in [2.24, 2.45) is 22.7 Å². The number of nitrogens with one attached hydrogen (secondary N) is 1. The topological polar surface area (TPSA) is 50.8 Å². The molecule has 5 fully saturated rings. The maximum absolute atomic E-state index is 13.9. The van der Waals surface area contributed by atoms with Gasteiger partial charge in [-0.25, -0.2) is 0 Å². The molecule has 1 saturated heterocycles. The van der Waals surface area contributed by atoms with Crippen LogP contribution in [0.2, 0.25) is 0 Å². The van der Waals surface area contributed by atoms with Crippen LogP contribution in [0.1, 0.15) is 42.9 Å². The first kappa shape index (κ1) is 21.0. The van der Waals surface area contributed by atoms with E-state index in [2.05, 4.69) is 52.7 Å². The molecule has 5 nitrogen and oxygen atoms in total. The molecule has 0 radical (unpaired) electrons. The van der Waals surface area contributed by atoms with Crippen molar-refractivity contribution < 1.29 is 14.3 Å². The average molecular weight is 459 g/mol. The van der Waals surface area contributed by atoms with E-state index < -0.39 is 0 Å². The standard InChI is InChI=1S/C29H34N2O3/c1-33-24-9-7-20(8-10-24)25(31-11-13-34-14-12-31)18-30-26(32)28-17-23-15-22-16-27(19-28,29(22,23)28)21-5-3-2-4-6-21/h2-10,22-23,25H,11-19H2,1H3,(H,30,32). The van der Waals surface area contributed by atoms with Gasteiger partial charge in [-0.3, -0.25) is 9.69 Å². The van der Waals surface area contributed by atoms with E-state index in [0.717, 1.165) is 56.7 Å². The fraction of sp³-hybridized carbons (Fsp3) is 0.552. The normalized spacial score (nSPS) is 38.0. The van der Waals surface area contributed by atoms with Gasteiger partial charge in [0, 0.05) is 30.5 Å². The molecule has 4 saturated carbocycles. The molecule has 2 aromatic carbocycles. The van der Waals surface area contributed by atoms with Gasteiger partial charge in [0.1, 0.15) is 5.75 Å². The van der Waals surface area contributed by atoms with Gasteiger partial charge in [0.15, 0.2) is 0 Å². The second-order valence-corrected chi connectivity index (χ2v) is 11.3. The lowest BCUT2D eigenvalue weighted by Crippen LogP contribution is -2.94. The highest BCUT2D eigenvalue weighted by Crippen LogP contribution is 2.97. The zero-order chi connectivity index (χ0) is 23.0. The molecule has 1 N–H and O–H groups in total. The van der Waals surface area contributed by atoms with Crippen LogP contribution in [0, 0.1) is 22.7 Å². The van der Waals surface area contributed by atoms with Crippen LogP contribution in [0.15, 0.2) is 54.6 Å². The highest BCUT2D eigenvalue weighted by Gasteiger charge is 2.95. The molecule has 1 aliphatic heterocycles. The Morgan fingerprint density at radius 1 is 1.09 bits per heavy atom. The van der Waals surface area contributed by atoms with E-state index in [0.29, 0.717) is 12.5 Å². The Hall–Kier alpha value is -2.37. The number of hydrogen-bond acceptors (Lipinski definition) is 4. The Morgan fingerprint density at radius 3 is 2.50 bits per heavy atom. The van der Waals surface area contributed by atoms with E-state index in [4.69, 9.17) is 9.47 Å². The third-order valence-electron chi connectivity index (χ3n) is 10.4. The molecule has 5 heteroatoms. The van der Waals surface area contributed by atoms with Crippen LogP contribution in [0.5, 0.6) is 5.75 Å². The van der Waals surface area contributed by atoms with Gasteiger partial charge in [-0.2, -0.15) is 0 Å². The molecule has 5 aliphatic rings. The van der Waals surface area contributed by atoms with Crippen LogP contribution in [0.25, 0.3) is 0 Å². The van der Waals surface area contributed by atoms with Gasteiger partial charge in [0.05, 0.1) is 31.8 Å². The summed E-state index contributed by atoms with van der Waals surface area (Å²) in [5, 5.41) is 3.47. The van der Waals surface area contributed by atoms with Crippen LogP contribution in [0.4, 0.5) is 0 Å². The van der Waals surface area contributed by atoms with Gasteiger partial charge in [-0.1, -0.05) is 42.5 Å². The smallest absolute Gasteiger partial charge is 0.226 e. The SMILES string of the molecule is COc1ccc(C(CNC(=O)C23CC4CC5CC(c6ccccc6)(C2)C453)N2CCOCC2)cc1. The zero-order valence-electron chi connectivity index (χ0n) is 20.0. The number of carbonyl (C=O) groups excluding carboxylic acids is 1. The van der Waals surface area contributed by atoms with Crippen LogP contribution in [0.3, 0.4) is 0 Å². The highest BCUT2D eigenvalue weighted by molar-refractivity contribution is 5.89. The van der Waals surface area contributed by atoms with E-state index in [1.807, 2.05) is 12.1 Å². The molecule has 0 aromatic heterocycles. The minimum absolute atomic E-state index is 0.135. The summed E-state index contributed by atoms with van der Waals surface area (Å²) in [5.74, 6) is 2.68. The van der Waals surface area contributed by atoms with Crippen LogP contribution in [-0.4, -0.2) is 50.8 Å². The number of nitrogens with zero attached hydrogens (tertiary/aromatic N) is 1. The van der Waals surface area contributed by atoms with Crippen molar-refractivity contribution in [1.82, 2.24) is 10.2 Å². The lowest BCUT2D eigenvalue weighted by molar-refractivity contribution is -0.430. The molecule has 34 heavy (non-hydrogen) atoms. The van der Waals surface area contributed by atoms with Gasteiger partial charge < -0.3 is 14.8 Å². The lowest BCUT2D eigenvalue weighted by atomic mass is 9.07. The Kier molecular flexibility index (Phi) is 4.51. The minimum atomic E-state index is -0.135. The number of ether oxygens (including phenoxy) is 2. The summed E-state index contributed by atoms with van der Waals surface area (Å²) >= 11 is 0. The molecule has 1 spiro atoms. The average Bonchev–Trinajstić information content (AvgIpc) is 2.84. The van der Waals surface area contributed by atoms with Crippen molar-refractivity contribution in [1.29, 1.82) is 0 Å².